The fourth-order valence-electron chi connectivity index (χ4n) is 3.50. The number of piperidine rings is 1. The lowest BCUT2D eigenvalue weighted by molar-refractivity contribution is -0.123. The molecular weight excluding hydrogens is 340 g/mol. The van der Waals surface area contributed by atoms with E-state index in [2.05, 4.69) is 10.2 Å². The van der Waals surface area contributed by atoms with Crippen molar-refractivity contribution in [2.45, 2.75) is 31.8 Å². The van der Waals surface area contributed by atoms with Crippen molar-refractivity contribution in [3.05, 3.63) is 34.9 Å². The molecule has 2 aliphatic heterocycles. The van der Waals surface area contributed by atoms with Gasteiger partial charge in [-0.2, -0.15) is 0 Å². The number of likely N-dealkylation sites (tertiary alicyclic amines) is 1. The Bertz CT molecular complexity index is 591. The number of ketones is 1. The first-order valence-corrected chi connectivity index (χ1v) is 9.40. The molecule has 1 aromatic carbocycles. The van der Waals surface area contributed by atoms with Gasteiger partial charge < -0.3 is 10.1 Å². The van der Waals surface area contributed by atoms with Crippen molar-refractivity contribution in [3.63, 3.8) is 0 Å². The third-order valence-electron chi connectivity index (χ3n) is 5.01. The molecule has 1 aromatic rings. The summed E-state index contributed by atoms with van der Waals surface area (Å²) in [7, 11) is 0. The Hall–Kier alpha value is -1.43. The predicted molar refractivity (Wildman–Crippen MR) is 96.9 cm³/mol. The molecule has 0 saturated carbocycles. The SMILES string of the molecule is O=C(CN1CCC(C(=O)c2ccc(Cl)cc2)CC1)NCC1CCCO1. The molecule has 0 aromatic heterocycles. The van der Waals surface area contributed by atoms with Crippen molar-refractivity contribution >= 4 is 23.3 Å². The molecule has 2 saturated heterocycles. The lowest BCUT2D eigenvalue weighted by atomic mass is 9.89. The van der Waals surface area contributed by atoms with Gasteiger partial charge in [0.25, 0.3) is 0 Å². The van der Waals surface area contributed by atoms with Crippen LogP contribution in [0.1, 0.15) is 36.0 Å². The second-order valence-corrected chi connectivity index (χ2v) is 7.30. The maximum absolute atomic E-state index is 12.5. The zero-order chi connectivity index (χ0) is 17.6. The monoisotopic (exact) mass is 364 g/mol. The Kier molecular flexibility index (Phi) is 6.45. The molecule has 2 fully saturated rings. The number of nitrogens with one attached hydrogen (secondary N) is 1. The summed E-state index contributed by atoms with van der Waals surface area (Å²) in [6.07, 6.45) is 3.86. The first-order chi connectivity index (χ1) is 12.1. The Morgan fingerprint density at radius 2 is 1.88 bits per heavy atom. The highest BCUT2D eigenvalue weighted by atomic mass is 35.5. The third kappa shape index (κ3) is 5.27. The number of nitrogens with zero attached hydrogens (tertiary/aromatic N) is 1. The van der Waals surface area contributed by atoms with Crippen molar-refractivity contribution < 1.29 is 14.3 Å². The fraction of sp³-hybridized carbons (Fsp3) is 0.579. The number of Topliss-reactive ketones (excluding diaryl/α,β-unsaturated/α-hetero) is 1. The number of carbonyl (C=O) groups excluding carboxylic acids is 2. The summed E-state index contributed by atoms with van der Waals surface area (Å²) in [6, 6.07) is 7.08. The van der Waals surface area contributed by atoms with Crippen LogP contribution < -0.4 is 5.32 Å². The molecule has 2 heterocycles. The van der Waals surface area contributed by atoms with Crippen molar-refractivity contribution in [3.8, 4) is 0 Å². The minimum Gasteiger partial charge on any atom is -0.376 e. The van der Waals surface area contributed by atoms with Gasteiger partial charge >= 0.3 is 0 Å². The molecule has 1 amide bonds. The summed E-state index contributed by atoms with van der Waals surface area (Å²) in [5, 5.41) is 3.59. The molecule has 1 atom stereocenters. The maximum atomic E-state index is 12.5. The molecular formula is C19H25ClN2O3. The smallest absolute Gasteiger partial charge is 0.234 e. The quantitative estimate of drug-likeness (QED) is 0.788. The Morgan fingerprint density at radius 3 is 2.52 bits per heavy atom. The molecule has 0 bridgehead atoms. The average Bonchev–Trinajstić information content (AvgIpc) is 3.14. The van der Waals surface area contributed by atoms with E-state index in [1.54, 1.807) is 24.3 Å². The van der Waals surface area contributed by atoms with E-state index in [0.717, 1.165) is 50.9 Å². The lowest BCUT2D eigenvalue weighted by Crippen LogP contribution is -2.44. The molecule has 2 aliphatic rings. The zero-order valence-corrected chi connectivity index (χ0v) is 15.1. The van der Waals surface area contributed by atoms with E-state index in [1.165, 1.54) is 0 Å². The van der Waals surface area contributed by atoms with Gasteiger partial charge in [0.05, 0.1) is 12.6 Å². The minimum atomic E-state index is 0.0346. The van der Waals surface area contributed by atoms with E-state index in [0.29, 0.717) is 18.1 Å². The topological polar surface area (TPSA) is 58.6 Å². The van der Waals surface area contributed by atoms with Gasteiger partial charge in [-0.05, 0) is 63.0 Å². The van der Waals surface area contributed by atoms with Crippen LogP contribution in [0, 0.1) is 5.92 Å². The molecule has 0 aliphatic carbocycles. The van der Waals surface area contributed by atoms with Crippen molar-refractivity contribution in [2.75, 3.05) is 32.8 Å². The second kappa shape index (κ2) is 8.79. The van der Waals surface area contributed by atoms with Crippen molar-refractivity contribution in [2.24, 2.45) is 5.92 Å². The standard InChI is InChI=1S/C19H25ClN2O3/c20-16-5-3-14(4-6-16)19(24)15-7-9-22(10-8-15)13-18(23)21-12-17-2-1-11-25-17/h3-6,15,17H,1-2,7-13H2,(H,21,23). The molecule has 1 N–H and O–H groups in total. The van der Waals surface area contributed by atoms with E-state index >= 15 is 0 Å². The molecule has 0 radical (unpaired) electrons. The van der Waals surface area contributed by atoms with Gasteiger partial charge in [0.1, 0.15) is 0 Å². The molecule has 25 heavy (non-hydrogen) atoms. The van der Waals surface area contributed by atoms with E-state index in [1.807, 2.05) is 0 Å². The van der Waals surface area contributed by atoms with E-state index < -0.39 is 0 Å². The summed E-state index contributed by atoms with van der Waals surface area (Å²) >= 11 is 5.87. The molecule has 1 unspecified atom stereocenters. The number of hydrogen-bond donors (Lipinski definition) is 1. The first kappa shape index (κ1) is 18.4. The fourth-order valence-corrected chi connectivity index (χ4v) is 3.62. The van der Waals surface area contributed by atoms with Gasteiger partial charge in [0, 0.05) is 29.7 Å². The van der Waals surface area contributed by atoms with Gasteiger partial charge in [-0.15, -0.1) is 0 Å². The Morgan fingerprint density at radius 1 is 1.16 bits per heavy atom. The maximum Gasteiger partial charge on any atom is 0.234 e. The van der Waals surface area contributed by atoms with E-state index in [4.69, 9.17) is 16.3 Å². The summed E-state index contributed by atoms with van der Waals surface area (Å²) in [4.78, 5) is 26.7. The normalized spacial score (nSPS) is 22.0. The highest BCUT2D eigenvalue weighted by Gasteiger charge is 2.26. The van der Waals surface area contributed by atoms with Gasteiger partial charge in [-0.25, -0.2) is 0 Å². The van der Waals surface area contributed by atoms with Crippen LogP contribution in [-0.4, -0.2) is 55.5 Å². The molecule has 3 rings (SSSR count). The molecule has 6 heteroatoms. The van der Waals surface area contributed by atoms with Crippen LogP contribution in [-0.2, 0) is 9.53 Å². The van der Waals surface area contributed by atoms with Crippen LogP contribution in [0.25, 0.3) is 0 Å². The van der Waals surface area contributed by atoms with Gasteiger partial charge in [0.15, 0.2) is 5.78 Å². The number of carbonyl (C=O) groups is 2. The number of ether oxygens (including phenoxy) is 1. The molecule has 5 nitrogen and oxygen atoms in total. The number of halogens is 1. The molecule has 136 valence electrons. The van der Waals surface area contributed by atoms with Gasteiger partial charge in [-0.3, -0.25) is 14.5 Å². The Labute approximate surface area is 153 Å². The average molecular weight is 365 g/mol. The molecule has 0 spiro atoms. The van der Waals surface area contributed by atoms with Gasteiger partial charge in [-0.1, -0.05) is 11.6 Å². The van der Waals surface area contributed by atoms with Crippen LogP contribution in [0.2, 0.25) is 5.02 Å². The van der Waals surface area contributed by atoms with Crippen LogP contribution >= 0.6 is 11.6 Å². The summed E-state index contributed by atoms with van der Waals surface area (Å²) in [6.45, 7) is 3.35. The number of benzene rings is 1. The second-order valence-electron chi connectivity index (χ2n) is 6.86. The predicted octanol–water partition coefficient (Wildman–Crippen LogP) is 2.53. The Balaban J connectivity index is 1.39. The van der Waals surface area contributed by atoms with Crippen LogP contribution in [0.4, 0.5) is 0 Å². The van der Waals surface area contributed by atoms with Crippen LogP contribution in [0.3, 0.4) is 0 Å². The number of hydrogen-bond acceptors (Lipinski definition) is 4. The highest BCUT2D eigenvalue weighted by molar-refractivity contribution is 6.30. The summed E-state index contributed by atoms with van der Waals surface area (Å²) in [5.74, 6) is 0.254. The lowest BCUT2D eigenvalue weighted by Gasteiger charge is -2.30. The number of rotatable bonds is 6. The van der Waals surface area contributed by atoms with Crippen LogP contribution in [0.5, 0.6) is 0 Å². The zero-order valence-electron chi connectivity index (χ0n) is 14.4. The largest absolute Gasteiger partial charge is 0.376 e. The van der Waals surface area contributed by atoms with Crippen molar-refractivity contribution in [1.29, 1.82) is 0 Å². The van der Waals surface area contributed by atoms with Gasteiger partial charge in [0.2, 0.25) is 5.91 Å². The third-order valence-corrected chi connectivity index (χ3v) is 5.26. The summed E-state index contributed by atoms with van der Waals surface area (Å²) < 4.78 is 5.51. The highest BCUT2D eigenvalue weighted by Crippen LogP contribution is 2.22. The first-order valence-electron chi connectivity index (χ1n) is 9.02. The van der Waals surface area contributed by atoms with E-state index in [-0.39, 0.29) is 23.7 Å². The van der Waals surface area contributed by atoms with Crippen molar-refractivity contribution in [1.82, 2.24) is 10.2 Å². The van der Waals surface area contributed by atoms with E-state index in [9.17, 15) is 9.59 Å². The minimum absolute atomic E-state index is 0.0346. The number of amides is 1. The summed E-state index contributed by atoms with van der Waals surface area (Å²) in [5.41, 5.74) is 0.720. The van der Waals surface area contributed by atoms with Crippen LogP contribution in [0.15, 0.2) is 24.3 Å².